The first-order chi connectivity index (χ1) is 32.7. The number of hydrogen-bond donors (Lipinski definition) is 0. The first-order valence-corrected chi connectivity index (χ1v) is 21.5. The minimum absolute atomic E-state index is 0.107. The first kappa shape index (κ1) is 32.8. The lowest BCUT2D eigenvalue weighted by molar-refractivity contribution is 0.662. The van der Waals surface area contributed by atoms with Crippen molar-refractivity contribution in [3.8, 4) is 55.6 Å². The third-order valence-corrected chi connectivity index (χ3v) is 12.9. The Kier molecular flexibility index (Phi) is 7.60. The summed E-state index contributed by atoms with van der Waals surface area (Å²) in [6, 6.07) is 67.6. The van der Waals surface area contributed by atoms with Crippen molar-refractivity contribution in [1.29, 1.82) is 0 Å². The second-order valence-corrected chi connectivity index (χ2v) is 16.9. The Morgan fingerprint density at radius 1 is 0.413 bits per heavy atom. The fraction of sp³-hybridized carbons (Fsp3) is 0.0492. The van der Waals surface area contributed by atoms with Crippen molar-refractivity contribution in [2.24, 2.45) is 0 Å². The molecule has 1 heterocycles. The molecule has 0 atom stereocenters. The Hall–Kier alpha value is -7.94. The molecular formula is C61H43NO. The smallest absolute Gasteiger partial charge is 0.143 e. The van der Waals surface area contributed by atoms with Crippen molar-refractivity contribution in [2.45, 2.75) is 19.3 Å². The largest absolute Gasteiger partial charge is 0.455 e. The Morgan fingerprint density at radius 3 is 1.86 bits per heavy atom. The molecule has 1 aliphatic rings. The van der Waals surface area contributed by atoms with Gasteiger partial charge in [-0.15, -0.1) is 0 Å². The summed E-state index contributed by atoms with van der Waals surface area (Å²) in [4.78, 5) is 1.88. The number of hydrogen-bond acceptors (Lipinski definition) is 2. The highest BCUT2D eigenvalue weighted by Crippen LogP contribution is 2.52. The molecule has 0 radical (unpaired) electrons. The monoisotopic (exact) mass is 809 g/mol. The maximum Gasteiger partial charge on any atom is 0.143 e. The molecular weight excluding hydrogens is 763 g/mol. The van der Waals surface area contributed by atoms with E-state index in [1.54, 1.807) is 0 Å². The molecule has 0 unspecified atom stereocenters. The zero-order valence-electron chi connectivity index (χ0n) is 38.9. The van der Waals surface area contributed by atoms with Gasteiger partial charge in [0.25, 0.3) is 0 Å². The van der Waals surface area contributed by atoms with Crippen molar-refractivity contribution in [3.63, 3.8) is 0 Å². The van der Waals surface area contributed by atoms with Gasteiger partial charge in [-0.2, -0.15) is 0 Å². The zero-order chi connectivity index (χ0) is 45.6. The van der Waals surface area contributed by atoms with E-state index in [1.807, 2.05) is 108 Å². The molecule has 0 saturated heterocycles. The van der Waals surface area contributed by atoms with Gasteiger partial charge in [-0.1, -0.05) is 190 Å². The minimum atomic E-state index is -0.206. The van der Waals surface area contributed by atoms with Crippen molar-refractivity contribution >= 4 is 49.8 Å². The molecule has 0 N–H and O–H groups in total. The van der Waals surface area contributed by atoms with Crippen LogP contribution in [0.4, 0.5) is 17.1 Å². The standard InChI is InChI=1S/C61H43NO/c1-61(2)56-23-9-8-19-53(56)54-22-11-21-51(59(54)61)45-31-36-48(37-32-45)62(47-34-29-43(30-35-47)42-27-25-41(26-28-42)40-13-4-3-5-14-40)49-17-10-16-46(39-49)50-20-12-24-57-58(50)55-38-33-44-15-6-7-18-52(44)60(55)63-57/h3-39H,1-2H3/i29D,30D,34D,35D. The molecule has 1 aromatic heterocycles. The van der Waals surface area contributed by atoms with Crippen LogP contribution in [0.5, 0.6) is 0 Å². The van der Waals surface area contributed by atoms with Gasteiger partial charge in [-0.25, -0.2) is 0 Å². The summed E-state index contributed by atoms with van der Waals surface area (Å²) < 4.78 is 45.0. The Labute approximate surface area is 373 Å². The van der Waals surface area contributed by atoms with Gasteiger partial charge in [0.05, 0.1) is 5.48 Å². The van der Waals surface area contributed by atoms with E-state index >= 15 is 0 Å². The molecule has 2 nitrogen and oxygen atoms in total. The highest BCUT2D eigenvalue weighted by Gasteiger charge is 2.37. The van der Waals surface area contributed by atoms with Crippen LogP contribution in [-0.4, -0.2) is 0 Å². The van der Waals surface area contributed by atoms with Crippen LogP contribution in [0, 0.1) is 0 Å². The number of anilines is 3. The maximum atomic E-state index is 9.71. The quantitative estimate of drug-likeness (QED) is 0.159. The third-order valence-electron chi connectivity index (χ3n) is 12.9. The van der Waals surface area contributed by atoms with Gasteiger partial charge in [0.15, 0.2) is 0 Å². The Morgan fingerprint density at radius 2 is 1.03 bits per heavy atom. The molecule has 1 aliphatic carbocycles. The molecule has 11 aromatic rings. The lowest BCUT2D eigenvalue weighted by Gasteiger charge is -2.27. The predicted octanol–water partition coefficient (Wildman–Crippen LogP) is 17.2. The fourth-order valence-electron chi connectivity index (χ4n) is 9.91. The SMILES string of the molecule is [2H]c1c([2H])c(N(c2ccc(-c3cccc4c3C(C)(C)c3ccccc3-4)cc2)c2cccc(-c3cccc4oc5c6ccccc6ccc5c34)c2)c([2H])c([2H])c1-c1ccc(-c2ccccc2)cc1. The van der Waals surface area contributed by atoms with Gasteiger partial charge in [-0.3, -0.25) is 0 Å². The van der Waals surface area contributed by atoms with E-state index in [0.29, 0.717) is 16.9 Å². The number of fused-ring (bicyclic) bond motifs is 8. The van der Waals surface area contributed by atoms with Gasteiger partial charge in [0.1, 0.15) is 11.2 Å². The highest BCUT2D eigenvalue weighted by molar-refractivity contribution is 6.19. The molecule has 2 heteroatoms. The summed E-state index contributed by atoms with van der Waals surface area (Å²) in [5.74, 6) is 0. The zero-order valence-corrected chi connectivity index (χ0v) is 34.9. The molecule has 0 spiro atoms. The average Bonchev–Trinajstić information content (AvgIpc) is 3.88. The van der Waals surface area contributed by atoms with Crippen LogP contribution in [-0.2, 0) is 5.41 Å². The summed E-state index contributed by atoms with van der Waals surface area (Å²) in [6.07, 6.45) is 0. The topological polar surface area (TPSA) is 16.4 Å². The van der Waals surface area contributed by atoms with Crippen LogP contribution in [0.25, 0.3) is 88.3 Å². The van der Waals surface area contributed by atoms with E-state index in [-0.39, 0.29) is 40.8 Å². The molecule has 63 heavy (non-hydrogen) atoms. The fourth-order valence-corrected chi connectivity index (χ4v) is 9.91. The lowest BCUT2D eigenvalue weighted by Crippen LogP contribution is -2.16. The summed E-state index contributed by atoms with van der Waals surface area (Å²) >= 11 is 0. The van der Waals surface area contributed by atoms with Gasteiger partial charge in [0, 0.05) is 38.6 Å². The number of furan rings is 1. The molecule has 0 saturated carbocycles. The van der Waals surface area contributed by atoms with Gasteiger partial charge < -0.3 is 9.32 Å². The predicted molar refractivity (Wildman–Crippen MR) is 265 cm³/mol. The van der Waals surface area contributed by atoms with Crippen LogP contribution in [0.3, 0.4) is 0 Å². The normalized spacial score (nSPS) is 13.6. The summed E-state index contributed by atoms with van der Waals surface area (Å²) in [7, 11) is 0. The first-order valence-electron chi connectivity index (χ1n) is 23.5. The van der Waals surface area contributed by atoms with E-state index < -0.39 is 0 Å². The van der Waals surface area contributed by atoms with Crippen LogP contribution < -0.4 is 4.90 Å². The third kappa shape index (κ3) is 6.09. The minimum Gasteiger partial charge on any atom is -0.455 e. The van der Waals surface area contributed by atoms with Gasteiger partial charge in [-0.05, 0) is 121 Å². The highest BCUT2D eigenvalue weighted by atomic mass is 16.3. The van der Waals surface area contributed by atoms with E-state index in [9.17, 15) is 5.48 Å². The Balaban J connectivity index is 1.02. The van der Waals surface area contributed by atoms with Crippen LogP contribution in [0.2, 0.25) is 0 Å². The second-order valence-electron chi connectivity index (χ2n) is 16.9. The van der Waals surface area contributed by atoms with Gasteiger partial charge >= 0.3 is 0 Å². The van der Waals surface area contributed by atoms with E-state index in [0.717, 1.165) is 66.1 Å². The van der Waals surface area contributed by atoms with Crippen LogP contribution in [0.15, 0.2) is 229 Å². The summed E-state index contributed by atoms with van der Waals surface area (Å²) in [5, 5.41) is 4.19. The van der Waals surface area contributed by atoms with Crippen molar-refractivity contribution in [1.82, 2.24) is 0 Å². The molecule has 298 valence electrons. The average molecular weight is 810 g/mol. The van der Waals surface area contributed by atoms with E-state index in [2.05, 4.69) is 111 Å². The van der Waals surface area contributed by atoms with Crippen molar-refractivity contribution < 1.29 is 9.90 Å². The van der Waals surface area contributed by atoms with Crippen LogP contribution in [0.1, 0.15) is 30.5 Å². The second kappa shape index (κ2) is 14.6. The number of rotatable bonds is 7. The molecule has 0 amide bonds. The Bertz CT molecular complexity index is 3730. The van der Waals surface area contributed by atoms with Crippen molar-refractivity contribution in [3.05, 3.63) is 235 Å². The van der Waals surface area contributed by atoms with Crippen LogP contribution >= 0.6 is 0 Å². The maximum absolute atomic E-state index is 9.71. The lowest BCUT2D eigenvalue weighted by atomic mass is 9.79. The summed E-state index contributed by atoms with van der Waals surface area (Å²) in [6.45, 7) is 4.59. The van der Waals surface area contributed by atoms with Crippen molar-refractivity contribution in [2.75, 3.05) is 4.90 Å². The molecule has 0 bridgehead atoms. The van der Waals surface area contributed by atoms with E-state index in [4.69, 9.17) is 4.42 Å². The molecule has 10 aromatic carbocycles. The van der Waals surface area contributed by atoms with Gasteiger partial charge in [0.2, 0.25) is 0 Å². The number of nitrogens with zero attached hydrogens (tertiary/aromatic N) is 1. The van der Waals surface area contributed by atoms with E-state index in [1.165, 1.54) is 22.3 Å². The number of benzene rings is 10. The molecule has 0 fully saturated rings. The molecule has 0 aliphatic heterocycles. The molecule has 12 rings (SSSR count). The summed E-state index contributed by atoms with van der Waals surface area (Å²) in [5.41, 5.74) is 15.1.